The standard InChI is InChI=1S/C37H22F6O4S6/c1-15(44)19-9-27(48-13-19)29-11-21(33(52-29)25-7-5-23(50-25)17(3)46)31-32(36(40,41)37(42,43)35(31,38)39)22-12-30(28-10-20(14-49-28)16(2)45)53-34(22)26-8-6-24(51-26)18(4)47/h5-14H,1-4H3. The Bertz CT molecular complexity index is 2360. The van der Waals surface area contributed by atoms with Crippen LogP contribution < -0.4 is 0 Å². The van der Waals surface area contributed by atoms with Gasteiger partial charge in [0.1, 0.15) is 0 Å². The minimum Gasteiger partial charge on any atom is -0.294 e. The number of halogens is 6. The van der Waals surface area contributed by atoms with Crippen LogP contribution in [-0.4, -0.2) is 40.9 Å². The van der Waals surface area contributed by atoms with Gasteiger partial charge in [0.25, 0.3) is 0 Å². The summed E-state index contributed by atoms with van der Waals surface area (Å²) >= 11 is 5.80. The first-order valence-corrected chi connectivity index (χ1v) is 20.4. The Hall–Kier alpha value is -3.80. The molecule has 6 aromatic heterocycles. The molecule has 0 amide bonds. The maximum Gasteiger partial charge on any atom is 0.380 e. The fourth-order valence-corrected chi connectivity index (χ4v) is 12.3. The van der Waals surface area contributed by atoms with Crippen LogP contribution in [0.1, 0.15) is 78.9 Å². The second-order valence-corrected chi connectivity index (χ2v) is 18.2. The SMILES string of the molecule is CC(=O)c1csc(-c2cc(C3=C(c4cc(-c5cc(C(C)=O)cs5)sc4-c4ccc(C(C)=O)s4)C(F)(F)C(F)(F)C3(F)F)c(-c3ccc(C(C)=O)s3)s2)c1. The lowest BCUT2D eigenvalue weighted by Crippen LogP contribution is -2.48. The van der Waals surface area contributed by atoms with Gasteiger partial charge in [0, 0.05) is 73.4 Å². The van der Waals surface area contributed by atoms with Gasteiger partial charge in [-0.05, 0) is 76.2 Å². The molecule has 1 aliphatic rings. The van der Waals surface area contributed by atoms with Crippen LogP contribution in [0, 0.1) is 0 Å². The summed E-state index contributed by atoms with van der Waals surface area (Å²) in [4.78, 5) is 50.8. The largest absolute Gasteiger partial charge is 0.380 e. The molecule has 6 aromatic rings. The van der Waals surface area contributed by atoms with Crippen LogP contribution in [0.5, 0.6) is 0 Å². The van der Waals surface area contributed by atoms with E-state index in [2.05, 4.69) is 0 Å². The molecule has 7 rings (SSSR count). The summed E-state index contributed by atoms with van der Waals surface area (Å²) < 4.78 is 97.5. The number of hydrogen-bond donors (Lipinski definition) is 0. The third kappa shape index (κ3) is 6.07. The highest BCUT2D eigenvalue weighted by molar-refractivity contribution is 7.27. The molecule has 0 atom stereocenters. The summed E-state index contributed by atoms with van der Waals surface area (Å²) in [5.74, 6) is -17.9. The molecule has 16 heteroatoms. The van der Waals surface area contributed by atoms with Gasteiger partial charge in [0.05, 0.1) is 19.5 Å². The minimum absolute atomic E-state index is 0.0349. The van der Waals surface area contributed by atoms with Crippen LogP contribution in [0.2, 0.25) is 0 Å². The molecule has 272 valence electrons. The maximum atomic E-state index is 16.5. The smallest absolute Gasteiger partial charge is 0.294 e. The van der Waals surface area contributed by atoms with Gasteiger partial charge in [0.2, 0.25) is 0 Å². The molecule has 0 N–H and O–H groups in total. The van der Waals surface area contributed by atoms with Crippen molar-refractivity contribution in [3.05, 3.63) is 91.3 Å². The lowest BCUT2D eigenvalue weighted by molar-refractivity contribution is -0.254. The Kier molecular flexibility index (Phi) is 9.34. The van der Waals surface area contributed by atoms with Crippen molar-refractivity contribution in [3.63, 3.8) is 0 Å². The summed E-state index contributed by atoms with van der Waals surface area (Å²) in [5.41, 5.74) is -3.65. The number of thiophene rings is 6. The van der Waals surface area contributed by atoms with Crippen molar-refractivity contribution in [2.75, 3.05) is 0 Å². The first-order chi connectivity index (χ1) is 24.8. The Morgan fingerprint density at radius 3 is 1.15 bits per heavy atom. The van der Waals surface area contributed by atoms with Gasteiger partial charge in [-0.2, -0.15) is 26.3 Å². The van der Waals surface area contributed by atoms with Crippen molar-refractivity contribution in [1.29, 1.82) is 0 Å². The van der Waals surface area contributed by atoms with E-state index in [9.17, 15) is 19.2 Å². The number of ketones is 4. The Balaban J connectivity index is 1.57. The Morgan fingerprint density at radius 1 is 0.472 bits per heavy atom. The fourth-order valence-electron chi connectivity index (χ4n) is 5.79. The van der Waals surface area contributed by atoms with Crippen molar-refractivity contribution in [1.82, 2.24) is 0 Å². The van der Waals surface area contributed by atoms with Gasteiger partial charge in [-0.3, -0.25) is 19.2 Å². The van der Waals surface area contributed by atoms with Gasteiger partial charge >= 0.3 is 17.8 Å². The topological polar surface area (TPSA) is 68.3 Å². The molecular weight excluding hydrogens is 815 g/mol. The number of carbonyl (C=O) groups excluding carboxylic acids is 4. The molecule has 0 saturated carbocycles. The number of carbonyl (C=O) groups is 4. The molecule has 0 aromatic carbocycles. The Labute approximate surface area is 321 Å². The van der Waals surface area contributed by atoms with Gasteiger partial charge < -0.3 is 0 Å². The number of allylic oxidation sites excluding steroid dienone is 2. The van der Waals surface area contributed by atoms with Crippen LogP contribution in [-0.2, 0) is 0 Å². The predicted molar refractivity (Wildman–Crippen MR) is 204 cm³/mol. The van der Waals surface area contributed by atoms with Gasteiger partial charge in [-0.25, -0.2) is 0 Å². The summed E-state index contributed by atoms with van der Waals surface area (Å²) in [6, 6.07) is 11.1. The van der Waals surface area contributed by atoms with Gasteiger partial charge in [0.15, 0.2) is 23.1 Å². The van der Waals surface area contributed by atoms with Crippen molar-refractivity contribution in [3.8, 4) is 39.0 Å². The molecule has 4 nitrogen and oxygen atoms in total. The van der Waals surface area contributed by atoms with Gasteiger partial charge in [-0.15, -0.1) is 68.0 Å². The predicted octanol–water partition coefficient (Wildman–Crippen LogP) is 13.4. The lowest BCUT2D eigenvalue weighted by Gasteiger charge is -2.25. The highest BCUT2D eigenvalue weighted by Crippen LogP contribution is 2.67. The van der Waals surface area contributed by atoms with E-state index >= 15 is 26.3 Å². The average molecular weight is 837 g/mol. The van der Waals surface area contributed by atoms with Crippen molar-refractivity contribution >= 4 is 102 Å². The highest BCUT2D eigenvalue weighted by atomic mass is 32.1. The van der Waals surface area contributed by atoms with E-state index < -0.39 is 40.0 Å². The van der Waals surface area contributed by atoms with Gasteiger partial charge in [-0.1, -0.05) is 0 Å². The molecule has 1 aliphatic carbocycles. The van der Waals surface area contributed by atoms with Crippen molar-refractivity contribution < 1.29 is 45.5 Å². The van der Waals surface area contributed by atoms with Crippen LogP contribution >= 0.6 is 68.0 Å². The van der Waals surface area contributed by atoms with E-state index in [1.54, 1.807) is 10.8 Å². The molecule has 0 bridgehead atoms. The number of hydrogen-bond acceptors (Lipinski definition) is 10. The molecular formula is C37H22F6O4S6. The summed E-state index contributed by atoms with van der Waals surface area (Å²) in [7, 11) is 0. The zero-order valence-corrected chi connectivity index (χ0v) is 32.5. The van der Waals surface area contributed by atoms with Crippen LogP contribution in [0.15, 0.2) is 59.3 Å². The molecule has 53 heavy (non-hydrogen) atoms. The summed E-state index contributed by atoms with van der Waals surface area (Å²) in [5, 5.41) is 3.09. The van der Waals surface area contributed by atoms with E-state index in [-0.39, 0.29) is 62.2 Å². The van der Waals surface area contributed by atoms with Crippen LogP contribution in [0.25, 0.3) is 50.2 Å². The van der Waals surface area contributed by atoms with E-state index in [0.29, 0.717) is 20.9 Å². The minimum atomic E-state index is -5.88. The second kappa shape index (κ2) is 13.2. The highest BCUT2D eigenvalue weighted by Gasteiger charge is 2.80. The average Bonchev–Trinajstić information content (AvgIpc) is 3.92. The summed E-state index contributed by atoms with van der Waals surface area (Å²) in [6.07, 6.45) is 0. The van der Waals surface area contributed by atoms with Crippen LogP contribution in [0.4, 0.5) is 26.3 Å². The first-order valence-electron chi connectivity index (χ1n) is 15.4. The molecule has 0 spiro atoms. The van der Waals surface area contributed by atoms with E-state index in [4.69, 9.17) is 0 Å². The second-order valence-electron chi connectivity index (χ2n) is 12.1. The molecule has 0 saturated heterocycles. The normalized spacial score (nSPS) is 16.0. The monoisotopic (exact) mass is 836 g/mol. The van der Waals surface area contributed by atoms with Crippen molar-refractivity contribution in [2.24, 2.45) is 0 Å². The molecule has 0 radical (unpaired) electrons. The van der Waals surface area contributed by atoms with E-state index in [0.717, 1.165) is 80.2 Å². The number of Topliss-reactive ketones (excluding diaryl/α,β-unsaturated/α-hetero) is 4. The third-order valence-corrected chi connectivity index (χ3v) is 15.8. The quantitative estimate of drug-likeness (QED) is 0.102. The summed E-state index contributed by atoms with van der Waals surface area (Å²) in [6.45, 7) is 5.26. The molecule has 0 fully saturated rings. The zero-order valence-electron chi connectivity index (χ0n) is 27.6. The first kappa shape index (κ1) is 37.5. The van der Waals surface area contributed by atoms with E-state index in [1.165, 1.54) is 64.1 Å². The van der Waals surface area contributed by atoms with E-state index in [1.807, 2.05) is 0 Å². The Morgan fingerprint density at radius 2 is 0.849 bits per heavy atom. The number of rotatable bonds is 10. The lowest BCUT2D eigenvalue weighted by atomic mass is 9.94. The fraction of sp³-hybridized carbons (Fsp3) is 0.189. The molecule has 0 unspecified atom stereocenters. The maximum absolute atomic E-state index is 16.5. The van der Waals surface area contributed by atoms with Crippen LogP contribution in [0.3, 0.4) is 0 Å². The van der Waals surface area contributed by atoms with Crippen molar-refractivity contribution in [2.45, 2.75) is 45.5 Å². The molecule has 6 heterocycles. The third-order valence-electron chi connectivity index (χ3n) is 8.52. The zero-order chi connectivity index (χ0) is 38.4. The molecule has 0 aliphatic heterocycles. The number of alkyl halides is 6.